The van der Waals surface area contributed by atoms with E-state index in [9.17, 15) is 9.90 Å². The van der Waals surface area contributed by atoms with Crippen molar-refractivity contribution < 1.29 is 19.4 Å². The van der Waals surface area contributed by atoms with E-state index >= 15 is 0 Å². The normalized spacial score (nSPS) is 15.6. The Labute approximate surface area is 202 Å². The third-order valence-corrected chi connectivity index (χ3v) is 6.15. The molecule has 34 heavy (non-hydrogen) atoms. The first-order valence-electron chi connectivity index (χ1n) is 12.4. The zero-order valence-electron chi connectivity index (χ0n) is 20.1. The molecule has 182 valence electrons. The molecule has 3 rings (SSSR count). The minimum Gasteiger partial charge on any atom is -0.489 e. The zero-order valence-corrected chi connectivity index (χ0v) is 20.1. The third kappa shape index (κ3) is 7.86. The van der Waals surface area contributed by atoms with Gasteiger partial charge in [-0.05, 0) is 60.9 Å². The standard InChI is InChI=1S/C28H36N2O4/c1-2-3-4-16-33-27(32)13-7-11-22-9-6-10-23-14-15-25(34-28(22)23)19-30-20-26(31)24-12-5-8-21(17-24)18-29/h5-6,8-10,12,17,25-26,30-31H,2-4,7,11,13-16,19-20H2,1H3. The topological polar surface area (TPSA) is 91.6 Å². The maximum Gasteiger partial charge on any atom is 0.305 e. The van der Waals surface area contributed by atoms with Crippen molar-refractivity contribution in [2.45, 2.75) is 70.5 Å². The summed E-state index contributed by atoms with van der Waals surface area (Å²) in [4.78, 5) is 12.0. The molecular formula is C28H36N2O4. The predicted molar refractivity (Wildman–Crippen MR) is 132 cm³/mol. The molecule has 2 aromatic rings. The van der Waals surface area contributed by atoms with Gasteiger partial charge in [-0.15, -0.1) is 0 Å². The van der Waals surface area contributed by atoms with Gasteiger partial charge in [0, 0.05) is 19.5 Å². The molecule has 0 aliphatic carbocycles. The lowest BCUT2D eigenvalue weighted by molar-refractivity contribution is -0.143. The van der Waals surface area contributed by atoms with Crippen LogP contribution in [0.1, 0.15) is 73.8 Å². The molecule has 2 atom stereocenters. The molecular weight excluding hydrogens is 428 g/mol. The van der Waals surface area contributed by atoms with Crippen LogP contribution in [0.4, 0.5) is 0 Å². The number of aryl methyl sites for hydroxylation is 2. The van der Waals surface area contributed by atoms with Crippen molar-refractivity contribution in [1.29, 1.82) is 5.26 Å². The number of nitrogens with one attached hydrogen (secondary N) is 1. The number of benzene rings is 2. The summed E-state index contributed by atoms with van der Waals surface area (Å²) in [7, 11) is 0. The largest absolute Gasteiger partial charge is 0.489 e. The number of carbonyl (C=O) groups excluding carboxylic acids is 1. The summed E-state index contributed by atoms with van der Waals surface area (Å²) >= 11 is 0. The maximum atomic E-state index is 12.0. The van der Waals surface area contributed by atoms with Crippen molar-refractivity contribution in [1.82, 2.24) is 5.32 Å². The van der Waals surface area contributed by atoms with Crippen molar-refractivity contribution in [2.75, 3.05) is 19.7 Å². The van der Waals surface area contributed by atoms with Crippen molar-refractivity contribution in [3.8, 4) is 11.8 Å². The summed E-state index contributed by atoms with van der Waals surface area (Å²) in [5.41, 5.74) is 3.62. The number of fused-ring (bicyclic) bond motifs is 1. The van der Waals surface area contributed by atoms with Crippen molar-refractivity contribution in [2.24, 2.45) is 0 Å². The van der Waals surface area contributed by atoms with Crippen molar-refractivity contribution >= 4 is 5.97 Å². The molecule has 0 spiro atoms. The van der Waals surface area contributed by atoms with E-state index in [1.54, 1.807) is 18.2 Å². The van der Waals surface area contributed by atoms with Crippen LogP contribution in [0, 0.1) is 11.3 Å². The molecule has 1 aliphatic rings. The Bertz CT molecular complexity index is 969. The molecule has 1 heterocycles. The lowest BCUT2D eigenvalue weighted by Gasteiger charge is -2.28. The van der Waals surface area contributed by atoms with Gasteiger partial charge in [-0.1, -0.05) is 50.1 Å². The van der Waals surface area contributed by atoms with E-state index in [2.05, 4.69) is 36.5 Å². The van der Waals surface area contributed by atoms with Crippen LogP contribution in [0.5, 0.6) is 5.75 Å². The predicted octanol–water partition coefficient (Wildman–Crippen LogP) is 4.63. The fourth-order valence-electron chi connectivity index (χ4n) is 4.22. The fourth-order valence-corrected chi connectivity index (χ4v) is 4.22. The maximum absolute atomic E-state index is 12.0. The molecule has 2 aromatic carbocycles. The number of ether oxygens (including phenoxy) is 2. The molecule has 2 N–H and O–H groups in total. The smallest absolute Gasteiger partial charge is 0.305 e. The average molecular weight is 465 g/mol. The monoisotopic (exact) mass is 464 g/mol. The Hall–Kier alpha value is -2.88. The van der Waals surface area contributed by atoms with E-state index in [-0.39, 0.29) is 12.1 Å². The Balaban J connectivity index is 1.45. The van der Waals surface area contributed by atoms with Gasteiger partial charge in [-0.25, -0.2) is 0 Å². The summed E-state index contributed by atoms with van der Waals surface area (Å²) in [5.74, 6) is 0.821. The Morgan fingerprint density at radius 2 is 2.12 bits per heavy atom. The number of aliphatic hydroxyl groups excluding tert-OH is 1. The Morgan fingerprint density at radius 1 is 1.26 bits per heavy atom. The second kappa shape index (κ2) is 13.7. The number of hydrogen-bond donors (Lipinski definition) is 2. The third-order valence-electron chi connectivity index (χ3n) is 6.15. The fraction of sp³-hybridized carbons (Fsp3) is 0.500. The number of nitriles is 1. The van der Waals surface area contributed by atoms with Crippen LogP contribution in [0.25, 0.3) is 0 Å². The van der Waals surface area contributed by atoms with E-state index in [0.29, 0.717) is 31.7 Å². The molecule has 6 nitrogen and oxygen atoms in total. The highest BCUT2D eigenvalue weighted by molar-refractivity contribution is 5.69. The van der Waals surface area contributed by atoms with Crippen LogP contribution in [-0.4, -0.2) is 36.9 Å². The molecule has 0 amide bonds. The molecule has 0 saturated carbocycles. The van der Waals surface area contributed by atoms with Gasteiger partial charge in [0.2, 0.25) is 0 Å². The molecule has 1 aliphatic heterocycles. The second-order valence-corrected chi connectivity index (χ2v) is 8.88. The van der Waals surface area contributed by atoms with E-state index in [1.807, 2.05) is 6.07 Å². The number of esters is 1. The van der Waals surface area contributed by atoms with Gasteiger partial charge in [0.05, 0.1) is 24.3 Å². The van der Waals surface area contributed by atoms with Gasteiger partial charge in [0.1, 0.15) is 11.9 Å². The number of para-hydroxylation sites is 1. The number of nitrogens with zero attached hydrogens (tertiary/aromatic N) is 1. The molecule has 0 saturated heterocycles. The van der Waals surface area contributed by atoms with Crippen molar-refractivity contribution in [3.05, 3.63) is 64.7 Å². The number of rotatable bonds is 13. The molecule has 2 unspecified atom stereocenters. The van der Waals surface area contributed by atoms with Gasteiger partial charge < -0.3 is 19.9 Å². The van der Waals surface area contributed by atoms with Crippen LogP contribution in [0.15, 0.2) is 42.5 Å². The van der Waals surface area contributed by atoms with Crippen LogP contribution in [0.2, 0.25) is 0 Å². The Morgan fingerprint density at radius 3 is 2.94 bits per heavy atom. The molecule has 0 fully saturated rings. The van der Waals surface area contributed by atoms with Gasteiger partial charge in [0.15, 0.2) is 0 Å². The number of carbonyl (C=O) groups is 1. The minimum atomic E-state index is -0.679. The van der Waals surface area contributed by atoms with Crippen LogP contribution in [0.3, 0.4) is 0 Å². The first kappa shape index (κ1) is 25.7. The lowest BCUT2D eigenvalue weighted by atomic mass is 9.96. The number of unbranched alkanes of at least 4 members (excludes halogenated alkanes) is 2. The summed E-state index contributed by atoms with van der Waals surface area (Å²) in [6.07, 6.45) is 6.28. The lowest BCUT2D eigenvalue weighted by Crippen LogP contribution is -2.36. The second-order valence-electron chi connectivity index (χ2n) is 8.88. The number of hydrogen-bond acceptors (Lipinski definition) is 6. The van der Waals surface area contributed by atoms with Crippen LogP contribution < -0.4 is 10.1 Å². The van der Waals surface area contributed by atoms with Gasteiger partial charge in [-0.2, -0.15) is 5.26 Å². The highest BCUT2D eigenvalue weighted by Gasteiger charge is 2.22. The SMILES string of the molecule is CCCCCOC(=O)CCCc1cccc2c1OC(CNCC(O)c1cccc(C#N)c1)CC2. The average Bonchev–Trinajstić information content (AvgIpc) is 2.86. The van der Waals surface area contributed by atoms with Gasteiger partial charge in [-0.3, -0.25) is 4.79 Å². The first-order valence-corrected chi connectivity index (χ1v) is 12.4. The summed E-state index contributed by atoms with van der Waals surface area (Å²) in [6, 6.07) is 15.4. The van der Waals surface area contributed by atoms with Gasteiger partial charge in [0.25, 0.3) is 0 Å². The summed E-state index contributed by atoms with van der Waals surface area (Å²) in [5, 5.41) is 22.8. The molecule has 0 radical (unpaired) electrons. The van der Waals surface area contributed by atoms with E-state index in [1.165, 1.54) is 5.56 Å². The molecule has 0 aromatic heterocycles. The highest BCUT2D eigenvalue weighted by atomic mass is 16.5. The minimum absolute atomic E-state index is 0.0230. The van der Waals surface area contributed by atoms with Gasteiger partial charge >= 0.3 is 5.97 Å². The van der Waals surface area contributed by atoms with Crippen LogP contribution in [-0.2, 0) is 22.4 Å². The van der Waals surface area contributed by atoms with E-state index in [0.717, 1.165) is 61.8 Å². The molecule has 0 bridgehead atoms. The van der Waals surface area contributed by atoms with Crippen LogP contribution >= 0.6 is 0 Å². The van der Waals surface area contributed by atoms with Crippen molar-refractivity contribution in [3.63, 3.8) is 0 Å². The summed E-state index contributed by atoms with van der Waals surface area (Å²) in [6.45, 7) is 3.67. The molecule has 6 heteroatoms. The van der Waals surface area contributed by atoms with E-state index < -0.39 is 6.10 Å². The van der Waals surface area contributed by atoms with E-state index in [4.69, 9.17) is 14.7 Å². The summed E-state index contributed by atoms with van der Waals surface area (Å²) < 4.78 is 11.6. The quantitative estimate of drug-likeness (QED) is 0.332. The number of aliphatic hydroxyl groups is 1. The zero-order chi connectivity index (χ0) is 24.2. The highest BCUT2D eigenvalue weighted by Crippen LogP contribution is 2.32. The Kier molecular flexibility index (Phi) is 10.4. The first-order chi connectivity index (χ1) is 16.6.